The molecule has 0 bridgehead atoms. The van der Waals surface area contributed by atoms with E-state index in [-0.39, 0.29) is 0 Å². The number of methoxy groups -OCH3 is 1. The molecule has 1 aromatic heterocycles. The van der Waals surface area contributed by atoms with E-state index in [1.807, 2.05) is 6.20 Å². The third-order valence-electron chi connectivity index (χ3n) is 3.92. The van der Waals surface area contributed by atoms with Crippen LogP contribution in [-0.4, -0.2) is 38.3 Å². The van der Waals surface area contributed by atoms with Crippen LogP contribution in [0.2, 0.25) is 0 Å². The zero-order chi connectivity index (χ0) is 14.2. The fourth-order valence-corrected chi connectivity index (χ4v) is 2.75. The van der Waals surface area contributed by atoms with Crippen LogP contribution >= 0.6 is 0 Å². The van der Waals surface area contributed by atoms with Gasteiger partial charge in [0.15, 0.2) is 0 Å². The summed E-state index contributed by atoms with van der Waals surface area (Å²) in [5.74, 6) is 0.726. The highest BCUT2D eigenvalue weighted by Gasteiger charge is 2.19. The van der Waals surface area contributed by atoms with Crippen LogP contribution in [0.15, 0.2) is 18.3 Å². The first kappa shape index (κ1) is 15.3. The summed E-state index contributed by atoms with van der Waals surface area (Å²) in [6.45, 7) is 7.24. The Morgan fingerprint density at radius 3 is 2.90 bits per heavy atom. The number of rotatable bonds is 7. The van der Waals surface area contributed by atoms with Gasteiger partial charge in [-0.2, -0.15) is 0 Å². The summed E-state index contributed by atoms with van der Waals surface area (Å²) < 4.78 is 5.26. The summed E-state index contributed by atoms with van der Waals surface area (Å²) in [5, 5.41) is 3.41. The largest absolute Gasteiger partial charge is 0.384 e. The lowest BCUT2D eigenvalue weighted by Gasteiger charge is -2.33. The zero-order valence-electron chi connectivity index (χ0n) is 12.8. The minimum absolute atomic E-state index is 0.726. The van der Waals surface area contributed by atoms with Crippen molar-refractivity contribution in [3.63, 3.8) is 0 Å². The van der Waals surface area contributed by atoms with Gasteiger partial charge in [-0.25, -0.2) is 0 Å². The average molecular weight is 277 g/mol. The first-order valence-corrected chi connectivity index (χ1v) is 7.73. The molecule has 1 aromatic rings. The minimum atomic E-state index is 0.726. The van der Waals surface area contributed by atoms with Gasteiger partial charge in [0.2, 0.25) is 0 Å². The van der Waals surface area contributed by atoms with Gasteiger partial charge in [0.05, 0.1) is 5.69 Å². The van der Waals surface area contributed by atoms with Crippen molar-refractivity contribution in [3.8, 4) is 0 Å². The van der Waals surface area contributed by atoms with E-state index in [0.29, 0.717) is 0 Å². The Balaban J connectivity index is 1.87. The Morgan fingerprint density at radius 1 is 1.40 bits per heavy atom. The van der Waals surface area contributed by atoms with E-state index in [2.05, 4.69) is 34.3 Å². The van der Waals surface area contributed by atoms with Crippen LogP contribution in [0, 0.1) is 5.92 Å². The third kappa shape index (κ3) is 4.46. The van der Waals surface area contributed by atoms with Crippen LogP contribution in [0.4, 0.5) is 5.69 Å². The van der Waals surface area contributed by atoms with Gasteiger partial charge in [-0.1, -0.05) is 6.92 Å². The molecule has 0 saturated carbocycles. The zero-order valence-corrected chi connectivity index (χ0v) is 12.8. The number of hydrogen-bond acceptors (Lipinski definition) is 4. The van der Waals surface area contributed by atoms with E-state index in [4.69, 9.17) is 4.74 Å². The lowest BCUT2D eigenvalue weighted by atomic mass is 9.97. The minimum Gasteiger partial charge on any atom is -0.384 e. The lowest BCUT2D eigenvalue weighted by Crippen LogP contribution is -2.35. The van der Waals surface area contributed by atoms with E-state index >= 15 is 0 Å². The van der Waals surface area contributed by atoms with Crippen molar-refractivity contribution in [2.45, 2.75) is 32.7 Å². The molecular weight excluding hydrogens is 250 g/mol. The topological polar surface area (TPSA) is 37.4 Å². The third-order valence-corrected chi connectivity index (χ3v) is 3.92. The van der Waals surface area contributed by atoms with E-state index in [0.717, 1.165) is 50.8 Å². The molecule has 0 unspecified atom stereocenters. The smallest absolute Gasteiger partial charge is 0.0562 e. The molecule has 1 fully saturated rings. The van der Waals surface area contributed by atoms with Crippen molar-refractivity contribution in [1.82, 2.24) is 10.3 Å². The van der Waals surface area contributed by atoms with Gasteiger partial charge in [0, 0.05) is 45.2 Å². The summed E-state index contributed by atoms with van der Waals surface area (Å²) >= 11 is 0. The SMILES string of the molecule is CCCNCc1cc(N2CCC(COC)CC2)ccn1. The molecular formula is C16H27N3O. The predicted molar refractivity (Wildman–Crippen MR) is 83.0 cm³/mol. The van der Waals surface area contributed by atoms with Crippen molar-refractivity contribution >= 4 is 5.69 Å². The van der Waals surface area contributed by atoms with Gasteiger partial charge < -0.3 is 15.0 Å². The van der Waals surface area contributed by atoms with Crippen LogP contribution in [0.5, 0.6) is 0 Å². The molecule has 1 saturated heterocycles. The van der Waals surface area contributed by atoms with Gasteiger partial charge in [0.25, 0.3) is 0 Å². The molecule has 0 aromatic carbocycles. The van der Waals surface area contributed by atoms with E-state index in [1.54, 1.807) is 7.11 Å². The number of nitrogens with one attached hydrogen (secondary N) is 1. The first-order valence-electron chi connectivity index (χ1n) is 7.73. The fourth-order valence-electron chi connectivity index (χ4n) is 2.75. The summed E-state index contributed by atoms with van der Waals surface area (Å²) in [7, 11) is 1.80. The first-order chi connectivity index (χ1) is 9.83. The highest BCUT2D eigenvalue weighted by molar-refractivity contribution is 5.46. The molecule has 1 N–H and O–H groups in total. The van der Waals surface area contributed by atoms with E-state index in [9.17, 15) is 0 Å². The number of aromatic nitrogens is 1. The van der Waals surface area contributed by atoms with Crippen molar-refractivity contribution in [1.29, 1.82) is 0 Å². The number of anilines is 1. The Labute approximate surface area is 122 Å². The number of nitrogens with zero attached hydrogens (tertiary/aromatic N) is 2. The van der Waals surface area contributed by atoms with E-state index < -0.39 is 0 Å². The number of piperidine rings is 1. The highest BCUT2D eigenvalue weighted by Crippen LogP contribution is 2.23. The molecule has 20 heavy (non-hydrogen) atoms. The summed E-state index contributed by atoms with van der Waals surface area (Å²) in [6, 6.07) is 4.35. The molecule has 1 aliphatic rings. The standard InChI is InChI=1S/C16H27N3O/c1-3-7-17-12-15-11-16(4-8-18-15)19-9-5-14(6-10-19)13-20-2/h4,8,11,14,17H,3,5-7,9-10,12-13H2,1-2H3. The van der Waals surface area contributed by atoms with Crippen LogP contribution in [0.3, 0.4) is 0 Å². The molecule has 0 spiro atoms. The number of ether oxygens (including phenoxy) is 1. The van der Waals surface area contributed by atoms with Crippen molar-refractivity contribution < 1.29 is 4.74 Å². The molecule has 0 amide bonds. The molecule has 112 valence electrons. The molecule has 4 nitrogen and oxygen atoms in total. The van der Waals surface area contributed by atoms with Gasteiger partial charge in [-0.15, -0.1) is 0 Å². The second-order valence-corrected chi connectivity index (χ2v) is 5.57. The maximum atomic E-state index is 5.26. The molecule has 0 radical (unpaired) electrons. The molecule has 0 atom stereocenters. The second-order valence-electron chi connectivity index (χ2n) is 5.57. The monoisotopic (exact) mass is 277 g/mol. The number of pyridine rings is 1. The van der Waals surface area contributed by atoms with Gasteiger partial charge in [0.1, 0.15) is 0 Å². The Hall–Kier alpha value is -1.13. The summed E-state index contributed by atoms with van der Waals surface area (Å²) in [4.78, 5) is 6.91. The van der Waals surface area contributed by atoms with Gasteiger partial charge >= 0.3 is 0 Å². The predicted octanol–water partition coefficient (Wildman–Crippen LogP) is 2.44. The Bertz CT molecular complexity index is 389. The lowest BCUT2D eigenvalue weighted by molar-refractivity contribution is 0.139. The second kappa shape index (κ2) is 8.22. The quantitative estimate of drug-likeness (QED) is 0.777. The molecule has 2 rings (SSSR count). The van der Waals surface area contributed by atoms with Crippen LogP contribution < -0.4 is 10.2 Å². The van der Waals surface area contributed by atoms with Crippen LogP contribution in [-0.2, 0) is 11.3 Å². The normalized spacial score (nSPS) is 16.6. The summed E-state index contributed by atoms with van der Waals surface area (Å²) in [6.07, 6.45) is 5.53. The highest BCUT2D eigenvalue weighted by atomic mass is 16.5. The average Bonchev–Trinajstić information content (AvgIpc) is 2.49. The Morgan fingerprint density at radius 2 is 2.20 bits per heavy atom. The molecule has 1 aliphatic heterocycles. The maximum Gasteiger partial charge on any atom is 0.0562 e. The van der Waals surface area contributed by atoms with Crippen molar-refractivity contribution in [2.75, 3.05) is 38.3 Å². The number of hydrogen-bond donors (Lipinski definition) is 1. The molecule has 4 heteroatoms. The van der Waals surface area contributed by atoms with Crippen molar-refractivity contribution in [3.05, 3.63) is 24.0 Å². The summed E-state index contributed by atoms with van der Waals surface area (Å²) in [5.41, 5.74) is 2.44. The van der Waals surface area contributed by atoms with Gasteiger partial charge in [-0.05, 0) is 43.9 Å². The molecule has 2 heterocycles. The molecule has 0 aliphatic carbocycles. The Kier molecular flexibility index (Phi) is 6.27. The van der Waals surface area contributed by atoms with Crippen LogP contribution in [0.1, 0.15) is 31.9 Å². The van der Waals surface area contributed by atoms with Crippen molar-refractivity contribution in [2.24, 2.45) is 5.92 Å². The fraction of sp³-hybridized carbons (Fsp3) is 0.688. The maximum absolute atomic E-state index is 5.26. The van der Waals surface area contributed by atoms with E-state index in [1.165, 1.54) is 18.5 Å². The van der Waals surface area contributed by atoms with Crippen LogP contribution in [0.25, 0.3) is 0 Å². The van der Waals surface area contributed by atoms with Gasteiger partial charge in [-0.3, -0.25) is 4.98 Å².